The largest absolute Gasteiger partial charge is 0.508 e. The van der Waals surface area contributed by atoms with Crippen molar-refractivity contribution in [2.45, 2.75) is 147 Å². The normalized spacial score (nSPS) is 22.4. The number of phenols is 1. The predicted molar refractivity (Wildman–Crippen MR) is 266 cm³/mol. The molecule has 0 bridgehead atoms. The van der Waals surface area contributed by atoms with Crippen LogP contribution in [0.1, 0.15) is 139 Å². The zero-order valence-electron chi connectivity index (χ0n) is 40.9. The monoisotopic (exact) mass is 968 g/mol. The molecule has 0 aromatic heterocycles. The van der Waals surface area contributed by atoms with Gasteiger partial charge in [-0.3, -0.25) is 15.0 Å². The number of benzene rings is 3. The molecule has 1 fully saturated rings. The molecule has 1 saturated carbocycles. The van der Waals surface area contributed by atoms with Crippen molar-refractivity contribution in [3.63, 3.8) is 0 Å². The highest BCUT2D eigenvalue weighted by atomic mass is 16.7. The lowest BCUT2D eigenvalue weighted by Gasteiger charge is -2.59. The quantitative estimate of drug-likeness (QED) is 0.0258. The predicted octanol–water partition coefficient (Wildman–Crippen LogP) is 11.4. The van der Waals surface area contributed by atoms with Gasteiger partial charge in [-0.25, -0.2) is 4.79 Å². The van der Waals surface area contributed by atoms with Crippen LogP contribution < -0.4 is 14.2 Å². The number of rotatable bonds is 29. The first kappa shape index (κ1) is 52.2. The van der Waals surface area contributed by atoms with Crippen LogP contribution in [-0.2, 0) is 27.5 Å². The lowest BCUT2D eigenvalue weighted by atomic mass is 9.55. The summed E-state index contributed by atoms with van der Waals surface area (Å²) in [6.45, 7) is 6.87. The van der Waals surface area contributed by atoms with E-state index in [2.05, 4.69) is 19.6 Å². The first-order valence-corrected chi connectivity index (χ1v) is 25.7. The maximum Gasteiger partial charge on any atom is 0.410 e. The Bertz CT molecular complexity index is 2250. The van der Waals surface area contributed by atoms with Crippen molar-refractivity contribution in [1.82, 2.24) is 4.90 Å². The van der Waals surface area contributed by atoms with Crippen LogP contribution in [-0.4, -0.2) is 82.0 Å². The molecule has 70 heavy (non-hydrogen) atoms. The number of non-ortho nitro benzene ring substituents is 1. The molecule has 15 heteroatoms. The molecule has 0 saturated heterocycles. The zero-order chi connectivity index (χ0) is 49.3. The average Bonchev–Trinajstić information content (AvgIpc) is 3.84. The van der Waals surface area contributed by atoms with Crippen molar-refractivity contribution in [2.24, 2.45) is 22.9 Å². The Kier molecular flexibility index (Phi) is 19.4. The number of amides is 1. The molecule has 7 rings (SSSR count). The molecule has 4 aliphatic rings. The van der Waals surface area contributed by atoms with Crippen molar-refractivity contribution in [3.05, 3.63) is 112 Å². The molecule has 0 spiro atoms. The molecule has 1 amide bonds. The van der Waals surface area contributed by atoms with Gasteiger partial charge in [-0.05, 0) is 103 Å². The highest BCUT2D eigenvalue weighted by molar-refractivity contribution is 6.03. The van der Waals surface area contributed by atoms with Gasteiger partial charge in [0.2, 0.25) is 12.6 Å². The third kappa shape index (κ3) is 12.8. The SMILES string of the molecule is C=CCOC12Oc3ccc(O)cc3C3C(CCCCO)C(CCCCO)C=C(C(=NOCc4ccc([N+](=O)[O-])cc4)CC1N(Cc1ccc4c(c1)OCO4)C(=O)OCCCCCCCCCCCC)C32. The Hall–Kier alpha value is -5.64. The smallest absolute Gasteiger partial charge is 0.410 e. The van der Waals surface area contributed by atoms with Gasteiger partial charge in [-0.1, -0.05) is 101 Å². The van der Waals surface area contributed by atoms with E-state index in [-0.39, 0.29) is 82.0 Å². The molecular weight excluding hydrogens is 895 g/mol. The van der Waals surface area contributed by atoms with E-state index in [1.165, 1.54) is 50.7 Å². The maximum absolute atomic E-state index is 15.1. The van der Waals surface area contributed by atoms with Gasteiger partial charge in [0, 0.05) is 49.8 Å². The van der Waals surface area contributed by atoms with Crippen LogP contribution >= 0.6 is 0 Å². The van der Waals surface area contributed by atoms with E-state index in [9.17, 15) is 25.4 Å². The molecular formula is C55H73N3O12. The maximum atomic E-state index is 15.1. The van der Waals surface area contributed by atoms with Gasteiger partial charge >= 0.3 is 6.09 Å². The second-order valence-electron chi connectivity index (χ2n) is 19.1. The molecule has 3 N–H and O–H groups in total. The topological polar surface area (TPSA) is 192 Å². The molecule has 2 aliphatic carbocycles. The second-order valence-corrected chi connectivity index (χ2v) is 19.1. The summed E-state index contributed by atoms with van der Waals surface area (Å²) in [5.74, 6) is -0.773. The van der Waals surface area contributed by atoms with Crippen LogP contribution in [0.3, 0.4) is 0 Å². The van der Waals surface area contributed by atoms with Crippen molar-refractivity contribution >= 4 is 17.5 Å². The third-order valence-corrected chi connectivity index (χ3v) is 14.3. The van der Waals surface area contributed by atoms with E-state index in [0.717, 1.165) is 61.6 Å². The number of aromatic hydroxyl groups is 1. The number of hydrogen-bond donors (Lipinski definition) is 3. The van der Waals surface area contributed by atoms with Crippen LogP contribution in [0.5, 0.6) is 23.0 Å². The number of allylic oxidation sites excluding steroid dienone is 1. The van der Waals surface area contributed by atoms with Crippen LogP contribution in [0.2, 0.25) is 0 Å². The number of nitro benzene ring substituents is 1. The first-order chi connectivity index (χ1) is 34.2. The number of hydrogen-bond acceptors (Lipinski definition) is 13. The number of ether oxygens (including phenoxy) is 5. The number of nitrogens with zero attached hydrogens (tertiary/aromatic N) is 3. The zero-order valence-corrected chi connectivity index (χ0v) is 40.9. The number of phenolic OH excluding ortho intramolecular Hbond substituents is 1. The van der Waals surface area contributed by atoms with Gasteiger partial charge in [-0.2, -0.15) is 0 Å². The molecule has 15 nitrogen and oxygen atoms in total. The van der Waals surface area contributed by atoms with E-state index in [0.29, 0.717) is 47.8 Å². The summed E-state index contributed by atoms with van der Waals surface area (Å²) in [5.41, 5.74) is 3.61. The summed E-state index contributed by atoms with van der Waals surface area (Å²) < 4.78 is 32.1. The van der Waals surface area contributed by atoms with Crippen LogP contribution in [0.15, 0.2) is 90.1 Å². The molecule has 6 atom stereocenters. The fraction of sp³-hybridized carbons (Fsp3) is 0.564. The Balaban J connectivity index is 1.31. The Morgan fingerprint density at radius 1 is 0.871 bits per heavy atom. The summed E-state index contributed by atoms with van der Waals surface area (Å²) in [5, 5.41) is 47.4. The number of carbonyl (C=O) groups excluding carboxylic acids is 1. The average molecular weight is 968 g/mol. The summed E-state index contributed by atoms with van der Waals surface area (Å²) in [6.07, 6.45) is 19.1. The van der Waals surface area contributed by atoms with Gasteiger partial charge in [-0.15, -0.1) is 6.58 Å². The van der Waals surface area contributed by atoms with Crippen molar-refractivity contribution in [1.29, 1.82) is 0 Å². The fourth-order valence-electron chi connectivity index (χ4n) is 10.9. The van der Waals surface area contributed by atoms with Crippen molar-refractivity contribution in [2.75, 3.05) is 33.2 Å². The molecule has 6 unspecified atom stereocenters. The van der Waals surface area contributed by atoms with Crippen molar-refractivity contribution in [3.8, 4) is 23.0 Å². The number of oxime groups is 1. The van der Waals surface area contributed by atoms with Crippen LogP contribution in [0.4, 0.5) is 10.5 Å². The van der Waals surface area contributed by atoms with Gasteiger partial charge in [0.05, 0.1) is 29.8 Å². The summed E-state index contributed by atoms with van der Waals surface area (Å²) in [7, 11) is 0. The number of aliphatic hydroxyl groups excluding tert-OH is 2. The number of aliphatic hydroxyl groups is 2. The number of unbranched alkanes of at least 4 members (excludes halogenated alkanes) is 11. The van der Waals surface area contributed by atoms with Crippen LogP contribution in [0.25, 0.3) is 0 Å². The highest BCUT2D eigenvalue weighted by Crippen LogP contribution is 2.62. The standard InChI is InChI=1S/C55H73N3O12/c1-3-5-6-7-8-9-10-11-12-17-31-65-54(62)57(36-40-22-26-49-50(32-40)67-38-66-49)51-35-47(56-69-37-39-20-23-42(24-21-39)58(63)64)45-33-41(18-13-15-28-59)44(19-14-16-29-60)52-46-34-43(61)25-27-48(46)70-55(51,53(45)52)68-30-4-2/h4,20-27,32-34,41,44,51-53,59-61H,2-3,5-19,28-31,35-38H2,1H3. The lowest BCUT2D eigenvalue weighted by molar-refractivity contribution is -0.384. The van der Waals surface area contributed by atoms with E-state index < -0.39 is 28.8 Å². The number of carbonyl (C=O) groups is 1. The van der Waals surface area contributed by atoms with Gasteiger partial charge < -0.3 is 43.8 Å². The Labute approximate surface area is 412 Å². The van der Waals surface area contributed by atoms with E-state index in [1.807, 2.05) is 18.2 Å². The molecule has 3 aromatic rings. The molecule has 0 radical (unpaired) electrons. The number of nitro groups is 1. The first-order valence-electron chi connectivity index (χ1n) is 25.7. The summed E-state index contributed by atoms with van der Waals surface area (Å²) >= 11 is 0. The van der Waals surface area contributed by atoms with E-state index in [4.69, 9.17) is 33.7 Å². The highest BCUT2D eigenvalue weighted by Gasteiger charge is 2.65. The molecule has 2 heterocycles. The van der Waals surface area contributed by atoms with Gasteiger partial charge in [0.15, 0.2) is 11.5 Å². The minimum Gasteiger partial charge on any atom is -0.508 e. The minimum absolute atomic E-state index is 0.0147. The van der Waals surface area contributed by atoms with E-state index in [1.54, 1.807) is 41.3 Å². The number of fused-ring (bicyclic) bond motifs is 3. The van der Waals surface area contributed by atoms with Gasteiger partial charge in [0.1, 0.15) is 24.1 Å². The Morgan fingerprint density at radius 3 is 2.27 bits per heavy atom. The molecule has 3 aromatic carbocycles. The van der Waals surface area contributed by atoms with E-state index >= 15 is 4.79 Å². The summed E-state index contributed by atoms with van der Waals surface area (Å²) in [4.78, 5) is 34.0. The summed E-state index contributed by atoms with van der Waals surface area (Å²) in [6, 6.07) is 16.0. The Morgan fingerprint density at radius 2 is 1.56 bits per heavy atom. The third-order valence-electron chi connectivity index (χ3n) is 14.3. The minimum atomic E-state index is -1.55. The fourth-order valence-corrected chi connectivity index (χ4v) is 10.9. The lowest BCUT2D eigenvalue weighted by Crippen LogP contribution is -2.70. The second kappa shape index (κ2) is 26.0. The van der Waals surface area contributed by atoms with Crippen LogP contribution in [0, 0.1) is 27.9 Å². The molecule has 2 aliphatic heterocycles. The van der Waals surface area contributed by atoms with Crippen molar-refractivity contribution < 1.29 is 53.6 Å². The molecule has 380 valence electrons. The van der Waals surface area contributed by atoms with Gasteiger partial charge in [0.25, 0.3) is 5.69 Å².